The van der Waals surface area contributed by atoms with Crippen molar-refractivity contribution in [3.8, 4) is 0 Å². The Balaban J connectivity index is 2.14. The van der Waals surface area contributed by atoms with Gasteiger partial charge in [-0.05, 0) is 20.8 Å². The molecule has 1 heterocycles. The van der Waals surface area contributed by atoms with Crippen molar-refractivity contribution in [1.82, 2.24) is 9.80 Å². The minimum Gasteiger partial charge on any atom is -0.389 e. The molecule has 5 heteroatoms. The van der Waals surface area contributed by atoms with Crippen molar-refractivity contribution in [1.29, 1.82) is 0 Å². The minimum atomic E-state index is -0.412. The summed E-state index contributed by atoms with van der Waals surface area (Å²) in [4.78, 5) is 4.79. The summed E-state index contributed by atoms with van der Waals surface area (Å²) in [5, 5.41) is 9.97. The molecule has 0 bridgehead atoms. The Morgan fingerprint density at radius 2 is 1.68 bits per heavy atom. The smallest absolute Gasteiger partial charge is 0.0900 e. The lowest BCUT2D eigenvalue weighted by molar-refractivity contribution is -0.0432. The number of nitrogens with zero attached hydrogens (tertiary/aromatic N) is 2. The van der Waals surface area contributed by atoms with Crippen LogP contribution in [0.3, 0.4) is 0 Å². The summed E-state index contributed by atoms with van der Waals surface area (Å²) in [6.45, 7) is 12.3. The number of methoxy groups -OCH3 is 1. The molecule has 0 spiro atoms. The molecule has 1 aliphatic heterocycles. The van der Waals surface area contributed by atoms with Crippen LogP contribution in [-0.4, -0.2) is 86.2 Å². The molecule has 0 radical (unpaired) electrons. The van der Waals surface area contributed by atoms with Crippen molar-refractivity contribution in [2.75, 3.05) is 53.0 Å². The number of rotatable bonds is 8. The van der Waals surface area contributed by atoms with Crippen LogP contribution in [-0.2, 0) is 9.47 Å². The quantitative estimate of drug-likeness (QED) is 0.695. The van der Waals surface area contributed by atoms with Gasteiger partial charge in [-0.1, -0.05) is 0 Å². The van der Waals surface area contributed by atoms with Crippen molar-refractivity contribution in [2.24, 2.45) is 0 Å². The first-order valence-corrected chi connectivity index (χ1v) is 7.28. The summed E-state index contributed by atoms with van der Waals surface area (Å²) in [6, 6.07) is 0.616. The van der Waals surface area contributed by atoms with E-state index in [-0.39, 0.29) is 6.10 Å². The van der Waals surface area contributed by atoms with Crippen molar-refractivity contribution in [2.45, 2.75) is 39.0 Å². The van der Waals surface area contributed by atoms with Gasteiger partial charge in [0.2, 0.25) is 0 Å². The lowest BCUT2D eigenvalue weighted by atomic mass is 10.2. The van der Waals surface area contributed by atoms with E-state index in [9.17, 15) is 5.11 Å². The van der Waals surface area contributed by atoms with Gasteiger partial charge in [0.15, 0.2) is 0 Å². The molecule has 1 fully saturated rings. The summed E-state index contributed by atoms with van der Waals surface area (Å²) in [7, 11) is 1.66. The van der Waals surface area contributed by atoms with Crippen LogP contribution in [0.1, 0.15) is 20.8 Å². The van der Waals surface area contributed by atoms with Crippen LogP contribution in [0.4, 0.5) is 0 Å². The van der Waals surface area contributed by atoms with Gasteiger partial charge in [-0.3, -0.25) is 9.80 Å². The van der Waals surface area contributed by atoms with Crippen LogP contribution in [0.2, 0.25) is 0 Å². The SMILES string of the molecule is COCC(C)OCC(O)CN1CCN(C(C)C)CC1. The largest absolute Gasteiger partial charge is 0.389 e. The number of aliphatic hydroxyl groups is 1. The van der Waals surface area contributed by atoms with Crippen molar-refractivity contribution < 1.29 is 14.6 Å². The second-order valence-corrected chi connectivity index (χ2v) is 5.68. The first-order valence-electron chi connectivity index (χ1n) is 7.28. The molecule has 114 valence electrons. The van der Waals surface area contributed by atoms with Crippen molar-refractivity contribution >= 4 is 0 Å². The number of hydrogen-bond acceptors (Lipinski definition) is 5. The standard InChI is InChI=1S/C14H30N2O3/c1-12(2)16-7-5-15(6-8-16)9-14(17)11-19-13(3)10-18-4/h12-14,17H,5-11H2,1-4H3. The van der Waals surface area contributed by atoms with Crippen LogP contribution in [0.15, 0.2) is 0 Å². The highest BCUT2D eigenvalue weighted by Crippen LogP contribution is 2.06. The Bertz CT molecular complexity index is 231. The fourth-order valence-corrected chi connectivity index (χ4v) is 2.37. The molecule has 2 atom stereocenters. The predicted molar refractivity (Wildman–Crippen MR) is 76.4 cm³/mol. The Labute approximate surface area is 117 Å². The van der Waals surface area contributed by atoms with Crippen molar-refractivity contribution in [3.63, 3.8) is 0 Å². The summed E-state index contributed by atoms with van der Waals surface area (Å²) >= 11 is 0. The zero-order chi connectivity index (χ0) is 14.3. The highest BCUT2D eigenvalue weighted by atomic mass is 16.5. The third kappa shape index (κ3) is 6.68. The number of aliphatic hydroxyl groups excluding tert-OH is 1. The van der Waals surface area contributed by atoms with Gasteiger partial charge < -0.3 is 14.6 Å². The molecule has 1 saturated heterocycles. The molecular weight excluding hydrogens is 244 g/mol. The lowest BCUT2D eigenvalue weighted by Crippen LogP contribution is -2.51. The van der Waals surface area contributed by atoms with Gasteiger partial charge in [-0.25, -0.2) is 0 Å². The van der Waals surface area contributed by atoms with E-state index in [2.05, 4.69) is 23.6 Å². The molecule has 5 nitrogen and oxygen atoms in total. The summed E-state index contributed by atoms with van der Waals surface area (Å²) < 4.78 is 10.5. The number of β-amino-alcohol motifs (C(OH)–C–C–N with tert-alkyl or cyclic N) is 1. The first kappa shape index (κ1) is 16.9. The third-order valence-corrected chi connectivity index (χ3v) is 3.58. The monoisotopic (exact) mass is 274 g/mol. The van der Waals surface area contributed by atoms with E-state index in [4.69, 9.17) is 9.47 Å². The van der Waals surface area contributed by atoms with Gasteiger partial charge in [0.1, 0.15) is 0 Å². The average Bonchev–Trinajstić information content (AvgIpc) is 2.37. The van der Waals surface area contributed by atoms with Gasteiger partial charge in [-0.15, -0.1) is 0 Å². The average molecular weight is 274 g/mol. The molecule has 0 aromatic heterocycles. The fraction of sp³-hybridized carbons (Fsp3) is 1.00. The summed E-state index contributed by atoms with van der Waals surface area (Å²) in [6.07, 6.45) is -0.373. The third-order valence-electron chi connectivity index (χ3n) is 3.58. The van der Waals surface area contributed by atoms with Gasteiger partial charge in [0, 0.05) is 45.9 Å². The van der Waals surface area contributed by atoms with Crippen LogP contribution >= 0.6 is 0 Å². The first-order chi connectivity index (χ1) is 9.02. The normalized spacial score (nSPS) is 21.8. The number of piperazine rings is 1. The molecule has 2 unspecified atom stereocenters. The zero-order valence-electron chi connectivity index (χ0n) is 12.8. The highest BCUT2D eigenvalue weighted by Gasteiger charge is 2.20. The Kier molecular flexibility index (Phi) is 7.87. The molecule has 1 aliphatic rings. The molecule has 0 saturated carbocycles. The summed E-state index contributed by atoms with van der Waals surface area (Å²) in [5.41, 5.74) is 0. The topological polar surface area (TPSA) is 45.2 Å². The molecule has 0 amide bonds. The van der Waals surface area contributed by atoms with E-state index in [1.807, 2.05) is 6.92 Å². The van der Waals surface area contributed by atoms with E-state index in [1.54, 1.807) is 7.11 Å². The van der Waals surface area contributed by atoms with Crippen LogP contribution in [0.25, 0.3) is 0 Å². The number of hydrogen-bond donors (Lipinski definition) is 1. The fourth-order valence-electron chi connectivity index (χ4n) is 2.37. The molecule has 19 heavy (non-hydrogen) atoms. The Morgan fingerprint density at radius 3 is 2.21 bits per heavy atom. The number of ether oxygens (including phenoxy) is 2. The van der Waals surface area contributed by atoms with E-state index >= 15 is 0 Å². The molecular formula is C14H30N2O3. The molecule has 1 N–H and O–H groups in total. The second-order valence-electron chi connectivity index (χ2n) is 5.68. The second kappa shape index (κ2) is 8.87. The zero-order valence-corrected chi connectivity index (χ0v) is 12.8. The van der Waals surface area contributed by atoms with Crippen LogP contribution in [0.5, 0.6) is 0 Å². The van der Waals surface area contributed by atoms with E-state index < -0.39 is 6.10 Å². The van der Waals surface area contributed by atoms with Gasteiger partial charge >= 0.3 is 0 Å². The Morgan fingerprint density at radius 1 is 1.05 bits per heavy atom. The molecule has 0 aliphatic carbocycles. The van der Waals surface area contributed by atoms with Gasteiger partial charge in [0.25, 0.3) is 0 Å². The Hall–Kier alpha value is -0.200. The van der Waals surface area contributed by atoms with Crippen LogP contribution < -0.4 is 0 Å². The van der Waals surface area contributed by atoms with Gasteiger partial charge in [-0.2, -0.15) is 0 Å². The maximum Gasteiger partial charge on any atom is 0.0900 e. The maximum atomic E-state index is 9.97. The van der Waals surface area contributed by atoms with Crippen LogP contribution in [0, 0.1) is 0 Å². The minimum absolute atomic E-state index is 0.0393. The predicted octanol–water partition coefficient (Wildman–Crippen LogP) is 0.425. The van der Waals surface area contributed by atoms with Crippen molar-refractivity contribution in [3.05, 3.63) is 0 Å². The molecule has 0 aromatic carbocycles. The van der Waals surface area contributed by atoms with Gasteiger partial charge in [0.05, 0.1) is 25.4 Å². The van der Waals surface area contributed by atoms with E-state index in [1.165, 1.54) is 0 Å². The highest BCUT2D eigenvalue weighted by molar-refractivity contribution is 4.76. The molecule has 0 aromatic rings. The lowest BCUT2D eigenvalue weighted by Gasteiger charge is -2.37. The molecule has 1 rings (SSSR count). The maximum absolute atomic E-state index is 9.97. The summed E-state index contributed by atoms with van der Waals surface area (Å²) in [5.74, 6) is 0. The van der Waals surface area contributed by atoms with E-state index in [0.717, 1.165) is 26.2 Å². The van der Waals surface area contributed by atoms with E-state index in [0.29, 0.717) is 25.8 Å².